The Bertz CT molecular complexity index is 1140. The third-order valence-corrected chi connectivity index (χ3v) is 6.70. The fraction of sp³-hybridized carbons (Fsp3) is 0.429. The minimum atomic E-state index is -0.750. The number of carbonyl (C=O) groups is 2. The topological polar surface area (TPSA) is 88.5 Å². The number of likely N-dealkylation sites (tertiary alicyclic amines) is 1. The van der Waals surface area contributed by atoms with Crippen LogP contribution in [0.2, 0.25) is 0 Å². The zero-order valence-electron chi connectivity index (χ0n) is 21.2. The lowest BCUT2D eigenvalue weighted by Crippen LogP contribution is -2.39. The highest BCUT2D eigenvalue weighted by Gasteiger charge is 2.46. The highest BCUT2D eigenvalue weighted by atomic mass is 16.5. The number of rotatable bonds is 9. The molecule has 0 radical (unpaired) electrons. The van der Waals surface area contributed by atoms with Gasteiger partial charge in [0.25, 0.3) is 11.7 Å². The SMILES string of the molecule is CCOc1ccccc1C1C(=C(O)c2ccc(OC)c(C)c2)C(=O)C(=O)N1CCCN1CCOCC1. The zero-order chi connectivity index (χ0) is 25.7. The summed E-state index contributed by atoms with van der Waals surface area (Å²) in [4.78, 5) is 30.5. The van der Waals surface area contributed by atoms with Gasteiger partial charge in [-0.05, 0) is 50.1 Å². The van der Waals surface area contributed by atoms with Crippen molar-refractivity contribution in [2.75, 3.05) is 53.1 Å². The van der Waals surface area contributed by atoms with Gasteiger partial charge in [-0.15, -0.1) is 0 Å². The number of nitrogens with zero attached hydrogens (tertiary/aromatic N) is 2. The molecule has 2 fully saturated rings. The lowest BCUT2D eigenvalue weighted by atomic mass is 9.94. The van der Waals surface area contributed by atoms with Gasteiger partial charge in [-0.1, -0.05) is 18.2 Å². The van der Waals surface area contributed by atoms with E-state index in [2.05, 4.69) is 4.90 Å². The van der Waals surface area contributed by atoms with E-state index in [0.29, 0.717) is 55.4 Å². The minimum absolute atomic E-state index is 0.0723. The lowest BCUT2D eigenvalue weighted by Gasteiger charge is -2.29. The number of carbonyl (C=O) groups excluding carboxylic acids is 2. The molecule has 192 valence electrons. The van der Waals surface area contributed by atoms with Crippen LogP contribution in [-0.2, 0) is 14.3 Å². The molecule has 4 rings (SSSR count). The molecule has 2 aromatic carbocycles. The third kappa shape index (κ3) is 5.24. The molecule has 0 bridgehead atoms. The maximum atomic E-state index is 13.4. The molecule has 2 heterocycles. The molecule has 2 saturated heterocycles. The Kier molecular flexibility index (Phi) is 8.28. The number of morpholine rings is 1. The van der Waals surface area contributed by atoms with Crippen molar-refractivity contribution in [2.24, 2.45) is 0 Å². The summed E-state index contributed by atoms with van der Waals surface area (Å²) in [7, 11) is 1.58. The van der Waals surface area contributed by atoms with Gasteiger partial charge in [-0.2, -0.15) is 0 Å². The number of aryl methyl sites for hydroxylation is 1. The number of amides is 1. The third-order valence-electron chi connectivity index (χ3n) is 6.70. The molecule has 2 aliphatic heterocycles. The van der Waals surface area contributed by atoms with E-state index in [1.807, 2.05) is 38.1 Å². The van der Waals surface area contributed by atoms with Crippen LogP contribution in [0.5, 0.6) is 11.5 Å². The van der Waals surface area contributed by atoms with Crippen LogP contribution < -0.4 is 9.47 Å². The number of hydrogen-bond acceptors (Lipinski definition) is 7. The number of aliphatic hydroxyl groups is 1. The van der Waals surface area contributed by atoms with Gasteiger partial charge in [0.2, 0.25) is 0 Å². The van der Waals surface area contributed by atoms with Crippen molar-refractivity contribution in [1.29, 1.82) is 0 Å². The monoisotopic (exact) mass is 494 g/mol. The van der Waals surface area contributed by atoms with Crippen molar-refractivity contribution in [3.05, 3.63) is 64.7 Å². The van der Waals surface area contributed by atoms with Gasteiger partial charge in [-0.25, -0.2) is 0 Å². The van der Waals surface area contributed by atoms with E-state index in [9.17, 15) is 14.7 Å². The Morgan fingerprint density at radius 1 is 1.08 bits per heavy atom. The summed E-state index contributed by atoms with van der Waals surface area (Å²) in [5.74, 6) is -0.245. The first-order valence-corrected chi connectivity index (χ1v) is 12.4. The Labute approximate surface area is 212 Å². The second kappa shape index (κ2) is 11.6. The molecule has 8 heteroatoms. The van der Waals surface area contributed by atoms with Crippen molar-refractivity contribution < 1.29 is 28.9 Å². The first kappa shape index (κ1) is 25.7. The summed E-state index contributed by atoms with van der Waals surface area (Å²) in [6.07, 6.45) is 0.696. The van der Waals surface area contributed by atoms with Gasteiger partial charge in [0.1, 0.15) is 17.3 Å². The molecule has 1 unspecified atom stereocenters. The second-order valence-electron chi connectivity index (χ2n) is 8.96. The average Bonchev–Trinajstić information content (AvgIpc) is 3.14. The van der Waals surface area contributed by atoms with Crippen LogP contribution in [-0.4, -0.2) is 79.7 Å². The smallest absolute Gasteiger partial charge is 0.295 e. The Morgan fingerprint density at radius 2 is 1.83 bits per heavy atom. The van der Waals surface area contributed by atoms with Crippen LogP contribution in [0, 0.1) is 6.92 Å². The molecule has 1 N–H and O–H groups in total. The van der Waals surface area contributed by atoms with Crippen LogP contribution in [0.3, 0.4) is 0 Å². The van der Waals surface area contributed by atoms with Gasteiger partial charge in [0, 0.05) is 37.3 Å². The van der Waals surface area contributed by atoms with E-state index in [1.165, 1.54) is 0 Å². The van der Waals surface area contributed by atoms with Crippen LogP contribution in [0.15, 0.2) is 48.0 Å². The fourth-order valence-electron chi connectivity index (χ4n) is 4.90. The van der Waals surface area contributed by atoms with Crippen molar-refractivity contribution in [2.45, 2.75) is 26.3 Å². The molecule has 1 atom stereocenters. The van der Waals surface area contributed by atoms with Gasteiger partial charge >= 0.3 is 0 Å². The minimum Gasteiger partial charge on any atom is -0.507 e. The van der Waals surface area contributed by atoms with Crippen molar-refractivity contribution in [3.63, 3.8) is 0 Å². The quantitative estimate of drug-likeness (QED) is 0.324. The summed E-state index contributed by atoms with van der Waals surface area (Å²) in [5.41, 5.74) is 2.02. The maximum absolute atomic E-state index is 13.4. The number of benzene rings is 2. The first-order chi connectivity index (χ1) is 17.5. The number of Topliss-reactive ketones (excluding diaryl/α,β-unsaturated/α-hetero) is 1. The van der Waals surface area contributed by atoms with Gasteiger partial charge in [0.15, 0.2) is 0 Å². The molecular weight excluding hydrogens is 460 g/mol. The summed E-state index contributed by atoms with van der Waals surface area (Å²) in [5, 5.41) is 11.4. The van der Waals surface area contributed by atoms with Crippen molar-refractivity contribution in [1.82, 2.24) is 9.80 Å². The number of methoxy groups -OCH3 is 1. The van der Waals surface area contributed by atoms with E-state index in [1.54, 1.807) is 30.2 Å². The number of aliphatic hydroxyl groups excluding tert-OH is 1. The average molecular weight is 495 g/mol. The first-order valence-electron chi connectivity index (χ1n) is 12.4. The molecule has 8 nitrogen and oxygen atoms in total. The Morgan fingerprint density at radius 3 is 2.53 bits per heavy atom. The second-order valence-corrected chi connectivity index (χ2v) is 8.96. The van der Waals surface area contributed by atoms with Crippen LogP contribution >= 0.6 is 0 Å². The normalized spacial score (nSPS) is 20.1. The molecule has 0 spiro atoms. The van der Waals surface area contributed by atoms with E-state index in [-0.39, 0.29) is 11.3 Å². The number of hydrogen-bond donors (Lipinski definition) is 1. The summed E-state index contributed by atoms with van der Waals surface area (Å²) in [6, 6.07) is 11.8. The molecule has 0 aromatic heterocycles. The maximum Gasteiger partial charge on any atom is 0.295 e. The largest absolute Gasteiger partial charge is 0.507 e. The zero-order valence-corrected chi connectivity index (χ0v) is 21.2. The van der Waals surface area contributed by atoms with Crippen LogP contribution in [0.4, 0.5) is 0 Å². The van der Waals surface area contributed by atoms with Gasteiger partial charge in [0.05, 0.1) is 38.5 Å². The van der Waals surface area contributed by atoms with E-state index in [4.69, 9.17) is 14.2 Å². The number of ether oxygens (including phenoxy) is 3. The molecule has 0 aliphatic carbocycles. The van der Waals surface area contributed by atoms with Crippen LogP contribution in [0.25, 0.3) is 5.76 Å². The summed E-state index contributed by atoms with van der Waals surface area (Å²) < 4.78 is 16.6. The standard InChI is InChI=1S/C28H34N2O6/c1-4-36-23-9-6-5-8-21(23)25-24(26(31)20-10-11-22(34-3)19(2)18-20)27(32)28(33)30(25)13-7-12-29-14-16-35-17-15-29/h5-6,8-11,18,25,31H,4,7,12-17H2,1-3H3. The highest BCUT2D eigenvalue weighted by molar-refractivity contribution is 6.46. The predicted octanol–water partition coefficient (Wildman–Crippen LogP) is 3.55. The number of ketones is 1. The predicted molar refractivity (Wildman–Crippen MR) is 136 cm³/mol. The summed E-state index contributed by atoms with van der Waals surface area (Å²) in [6.45, 7) is 8.47. The molecule has 1 amide bonds. The molecule has 2 aliphatic rings. The lowest BCUT2D eigenvalue weighted by molar-refractivity contribution is -0.140. The van der Waals surface area contributed by atoms with E-state index >= 15 is 0 Å². The van der Waals surface area contributed by atoms with Crippen LogP contribution in [0.1, 0.15) is 36.1 Å². The molecule has 36 heavy (non-hydrogen) atoms. The number of para-hydroxylation sites is 1. The Balaban J connectivity index is 1.73. The Hall–Kier alpha value is -3.36. The molecule has 2 aromatic rings. The van der Waals surface area contributed by atoms with Crippen molar-refractivity contribution >= 4 is 17.4 Å². The van der Waals surface area contributed by atoms with Gasteiger partial charge < -0.3 is 24.2 Å². The van der Waals surface area contributed by atoms with E-state index < -0.39 is 17.7 Å². The fourth-order valence-corrected chi connectivity index (χ4v) is 4.90. The summed E-state index contributed by atoms with van der Waals surface area (Å²) >= 11 is 0. The van der Waals surface area contributed by atoms with Crippen molar-refractivity contribution in [3.8, 4) is 11.5 Å². The highest BCUT2D eigenvalue weighted by Crippen LogP contribution is 2.43. The molecular formula is C28H34N2O6. The van der Waals surface area contributed by atoms with E-state index in [0.717, 1.165) is 25.2 Å². The molecule has 0 saturated carbocycles. The van der Waals surface area contributed by atoms with Gasteiger partial charge in [-0.3, -0.25) is 14.5 Å².